The van der Waals surface area contributed by atoms with Crippen molar-refractivity contribution in [3.05, 3.63) is 58.0 Å². The van der Waals surface area contributed by atoms with Crippen LogP contribution in [0.1, 0.15) is 55.7 Å². The largest absolute Gasteiger partial charge is 0.335 e. The molecular formula is C27H36N4O2. The Morgan fingerprint density at radius 2 is 1.79 bits per heavy atom. The highest BCUT2D eigenvalue weighted by molar-refractivity contribution is 5.75. The number of amides is 2. The third-order valence-electron chi connectivity index (χ3n) is 7.62. The first-order valence-corrected chi connectivity index (χ1v) is 12.5. The van der Waals surface area contributed by atoms with Gasteiger partial charge in [0.2, 0.25) is 0 Å². The molecule has 2 amide bonds. The van der Waals surface area contributed by atoms with Gasteiger partial charge in [-0.3, -0.25) is 4.79 Å². The van der Waals surface area contributed by atoms with E-state index >= 15 is 0 Å². The molecule has 5 rings (SSSR count). The zero-order valence-corrected chi connectivity index (χ0v) is 19.9. The number of hydrogen-bond donors (Lipinski definition) is 1. The molecule has 1 saturated heterocycles. The number of piperidine rings is 1. The standard InChI is InChI=1S/C27H36N4O2/c1-29(2)17-20-8-6-7-11-23(20)24-12-13-25-21-14-19(16-31(25)26(24)32)15-30(18-21)27(33)28-22-9-4-3-5-10-22/h6-8,11-13,19,21-22H,3-5,9-10,14-18H2,1-2H3,(H,28,33)/t19-,21-/m1/s1. The molecular weight excluding hydrogens is 412 g/mol. The molecule has 2 aromatic rings. The number of hydrogen-bond acceptors (Lipinski definition) is 3. The van der Waals surface area contributed by atoms with Crippen LogP contribution in [-0.4, -0.2) is 53.6 Å². The molecule has 2 atom stereocenters. The number of rotatable bonds is 4. The topological polar surface area (TPSA) is 57.6 Å². The summed E-state index contributed by atoms with van der Waals surface area (Å²) in [7, 11) is 4.10. The van der Waals surface area contributed by atoms with E-state index in [0.29, 0.717) is 25.0 Å². The summed E-state index contributed by atoms with van der Waals surface area (Å²) in [5.74, 6) is 0.562. The van der Waals surface area contributed by atoms with Crippen LogP contribution in [0.3, 0.4) is 0 Å². The number of likely N-dealkylation sites (tertiary alicyclic amines) is 1. The van der Waals surface area contributed by atoms with Crippen molar-refractivity contribution in [1.82, 2.24) is 19.7 Å². The van der Waals surface area contributed by atoms with Gasteiger partial charge in [0.15, 0.2) is 0 Å². The highest BCUT2D eigenvalue weighted by atomic mass is 16.2. The number of nitrogens with zero attached hydrogens (tertiary/aromatic N) is 3. The van der Waals surface area contributed by atoms with E-state index in [1.54, 1.807) is 0 Å². The van der Waals surface area contributed by atoms with E-state index in [4.69, 9.17) is 0 Å². The average molecular weight is 449 g/mol. The summed E-state index contributed by atoms with van der Waals surface area (Å²) in [6, 6.07) is 12.8. The minimum absolute atomic E-state index is 0.0848. The van der Waals surface area contributed by atoms with Gasteiger partial charge in [-0.25, -0.2) is 4.79 Å². The third-order valence-corrected chi connectivity index (χ3v) is 7.62. The van der Waals surface area contributed by atoms with Gasteiger partial charge < -0.3 is 19.7 Å². The van der Waals surface area contributed by atoms with E-state index in [1.807, 2.05) is 41.8 Å². The van der Waals surface area contributed by atoms with Crippen molar-refractivity contribution in [1.29, 1.82) is 0 Å². The molecule has 0 radical (unpaired) electrons. The van der Waals surface area contributed by atoms with E-state index in [-0.39, 0.29) is 17.5 Å². The van der Waals surface area contributed by atoms with Crippen molar-refractivity contribution in [2.75, 3.05) is 27.2 Å². The van der Waals surface area contributed by atoms with Gasteiger partial charge in [0.25, 0.3) is 5.56 Å². The van der Waals surface area contributed by atoms with Gasteiger partial charge in [0, 0.05) is 49.4 Å². The summed E-state index contributed by atoms with van der Waals surface area (Å²) in [6.07, 6.45) is 6.97. The van der Waals surface area contributed by atoms with Gasteiger partial charge in [-0.05, 0) is 62.5 Å². The number of nitrogens with one attached hydrogen (secondary N) is 1. The van der Waals surface area contributed by atoms with Gasteiger partial charge in [0.05, 0.1) is 0 Å². The third kappa shape index (κ3) is 4.58. The molecule has 1 aliphatic carbocycles. The fourth-order valence-electron chi connectivity index (χ4n) is 6.09. The first kappa shape index (κ1) is 22.2. The van der Waals surface area contributed by atoms with Gasteiger partial charge >= 0.3 is 6.03 Å². The van der Waals surface area contributed by atoms with Crippen molar-refractivity contribution in [3.8, 4) is 11.1 Å². The normalized spacial score (nSPS) is 22.8. The molecule has 3 heterocycles. The van der Waals surface area contributed by atoms with E-state index in [2.05, 4.69) is 28.4 Å². The maximum Gasteiger partial charge on any atom is 0.317 e. The summed E-state index contributed by atoms with van der Waals surface area (Å²) in [5.41, 5.74) is 4.16. The molecule has 0 unspecified atom stereocenters. The van der Waals surface area contributed by atoms with Crippen LogP contribution < -0.4 is 10.9 Å². The Morgan fingerprint density at radius 3 is 2.58 bits per heavy atom. The Hall–Kier alpha value is -2.60. The van der Waals surface area contributed by atoms with E-state index in [0.717, 1.165) is 49.2 Å². The predicted molar refractivity (Wildman–Crippen MR) is 131 cm³/mol. The van der Waals surface area contributed by atoms with Crippen molar-refractivity contribution in [3.63, 3.8) is 0 Å². The summed E-state index contributed by atoms with van der Waals surface area (Å²) in [4.78, 5) is 30.7. The summed E-state index contributed by atoms with van der Waals surface area (Å²) >= 11 is 0. The Labute approximate surface area is 196 Å². The minimum atomic E-state index is 0.0848. The fraction of sp³-hybridized carbons (Fsp3) is 0.556. The smallest absolute Gasteiger partial charge is 0.317 e. The van der Waals surface area contributed by atoms with Crippen molar-refractivity contribution in [2.24, 2.45) is 5.92 Å². The lowest BCUT2D eigenvalue weighted by Gasteiger charge is -2.43. The zero-order valence-electron chi connectivity index (χ0n) is 19.9. The SMILES string of the molecule is CN(C)Cc1ccccc1-c1ccc2n(c1=O)C[C@@H]1C[C@@H]2CN(C(=O)NC2CCCCC2)C1. The second kappa shape index (κ2) is 9.34. The van der Waals surface area contributed by atoms with Crippen LogP contribution in [0.5, 0.6) is 0 Å². The summed E-state index contributed by atoms with van der Waals surface area (Å²) in [6.45, 7) is 2.93. The molecule has 2 bridgehead atoms. The second-order valence-electron chi connectivity index (χ2n) is 10.5. The lowest BCUT2D eigenvalue weighted by Crippen LogP contribution is -2.53. The second-order valence-corrected chi connectivity index (χ2v) is 10.5. The number of benzene rings is 1. The van der Waals surface area contributed by atoms with Crippen LogP contribution in [0.2, 0.25) is 0 Å². The summed E-state index contributed by atoms with van der Waals surface area (Å²) < 4.78 is 2.00. The van der Waals surface area contributed by atoms with Crippen LogP contribution in [0.25, 0.3) is 11.1 Å². The Kier molecular flexibility index (Phi) is 6.28. The molecule has 33 heavy (non-hydrogen) atoms. The first-order chi connectivity index (χ1) is 16.0. The van der Waals surface area contributed by atoms with Crippen molar-refractivity contribution >= 4 is 6.03 Å². The van der Waals surface area contributed by atoms with Crippen LogP contribution in [0, 0.1) is 5.92 Å². The zero-order chi connectivity index (χ0) is 22.9. The van der Waals surface area contributed by atoms with E-state index in [1.165, 1.54) is 24.8 Å². The van der Waals surface area contributed by atoms with Crippen molar-refractivity contribution < 1.29 is 4.79 Å². The molecule has 1 N–H and O–H groups in total. The van der Waals surface area contributed by atoms with Gasteiger partial charge in [-0.2, -0.15) is 0 Å². The average Bonchev–Trinajstić information content (AvgIpc) is 2.80. The predicted octanol–water partition coefficient (Wildman–Crippen LogP) is 4.04. The Morgan fingerprint density at radius 1 is 1.00 bits per heavy atom. The Bertz CT molecular complexity index is 1070. The van der Waals surface area contributed by atoms with Gasteiger partial charge in [0.1, 0.15) is 0 Å². The maximum absolute atomic E-state index is 13.6. The van der Waals surface area contributed by atoms with Crippen LogP contribution >= 0.6 is 0 Å². The number of carbonyl (C=O) groups excluding carboxylic acids is 1. The maximum atomic E-state index is 13.6. The molecule has 1 saturated carbocycles. The van der Waals surface area contributed by atoms with E-state index in [9.17, 15) is 9.59 Å². The molecule has 6 nitrogen and oxygen atoms in total. The molecule has 2 fully saturated rings. The molecule has 1 aromatic carbocycles. The number of aromatic nitrogens is 1. The van der Waals surface area contributed by atoms with Gasteiger partial charge in [-0.1, -0.05) is 43.5 Å². The fourth-order valence-corrected chi connectivity index (χ4v) is 6.09. The van der Waals surface area contributed by atoms with Gasteiger partial charge in [-0.15, -0.1) is 0 Å². The van der Waals surface area contributed by atoms with Crippen molar-refractivity contribution in [2.45, 2.75) is 63.6 Å². The highest BCUT2D eigenvalue weighted by Crippen LogP contribution is 2.36. The van der Waals surface area contributed by atoms with Crippen LogP contribution in [0.15, 0.2) is 41.2 Å². The molecule has 6 heteroatoms. The number of fused-ring (bicyclic) bond motifs is 4. The number of carbonyl (C=O) groups is 1. The van der Waals surface area contributed by atoms with Crippen LogP contribution in [0.4, 0.5) is 4.79 Å². The Balaban J connectivity index is 1.38. The molecule has 3 aliphatic rings. The van der Waals surface area contributed by atoms with E-state index < -0.39 is 0 Å². The number of urea groups is 1. The molecule has 176 valence electrons. The lowest BCUT2D eigenvalue weighted by atomic mass is 9.82. The molecule has 1 aromatic heterocycles. The summed E-state index contributed by atoms with van der Waals surface area (Å²) in [5, 5.41) is 3.28. The lowest BCUT2D eigenvalue weighted by molar-refractivity contribution is 0.127. The molecule has 0 spiro atoms. The first-order valence-electron chi connectivity index (χ1n) is 12.5. The molecule has 2 aliphatic heterocycles. The quantitative estimate of drug-likeness (QED) is 0.768. The van der Waals surface area contributed by atoms with Crippen LogP contribution in [-0.2, 0) is 13.1 Å². The number of pyridine rings is 1. The highest BCUT2D eigenvalue weighted by Gasteiger charge is 2.37. The minimum Gasteiger partial charge on any atom is -0.335 e. The monoisotopic (exact) mass is 448 g/mol.